The number of nitrogens with one attached hydrogen (secondary N) is 1. The van der Waals surface area contributed by atoms with Gasteiger partial charge in [0.25, 0.3) is 0 Å². The molecule has 1 aliphatic carbocycles. The van der Waals surface area contributed by atoms with Crippen molar-refractivity contribution in [1.82, 2.24) is 9.55 Å². The quantitative estimate of drug-likeness (QED) is 0.891. The van der Waals surface area contributed by atoms with Crippen LogP contribution in [0.3, 0.4) is 0 Å². The highest BCUT2D eigenvalue weighted by Gasteiger charge is 2.19. The van der Waals surface area contributed by atoms with E-state index >= 15 is 0 Å². The molecule has 1 N–H and O–H groups in total. The Hall–Kier alpha value is -1.36. The molecule has 1 aliphatic rings. The molecule has 1 aromatic heterocycles. The van der Waals surface area contributed by atoms with Crippen molar-refractivity contribution in [2.75, 3.05) is 5.32 Å². The number of nitrogens with zero attached hydrogens (tertiary/aromatic N) is 2. The fourth-order valence-corrected chi connectivity index (χ4v) is 2.96. The lowest BCUT2D eigenvalue weighted by molar-refractivity contribution is 0.524. The second-order valence-electron chi connectivity index (χ2n) is 4.85. The van der Waals surface area contributed by atoms with Crippen LogP contribution < -0.4 is 5.32 Å². The lowest BCUT2D eigenvalue weighted by Crippen LogP contribution is -2.08. The molecule has 0 bridgehead atoms. The number of halogens is 2. The van der Waals surface area contributed by atoms with E-state index in [0.29, 0.717) is 17.7 Å². The Balaban J connectivity index is 1.87. The maximum absolute atomic E-state index is 13.8. The summed E-state index contributed by atoms with van der Waals surface area (Å²) in [6, 6.07) is 5.34. The van der Waals surface area contributed by atoms with Gasteiger partial charge in [-0.25, -0.2) is 9.37 Å². The summed E-state index contributed by atoms with van der Waals surface area (Å²) < 4.78 is 16.7. The standard InChI is InChI=1S/C14H15BrFN3/c15-10-5-6-12(16)13(9-10)18-14-17-7-8-19(14)11-3-1-2-4-11/h5-9,11H,1-4H2,(H,17,18). The fourth-order valence-electron chi connectivity index (χ4n) is 2.60. The van der Waals surface area contributed by atoms with E-state index in [1.54, 1.807) is 18.3 Å². The molecule has 5 heteroatoms. The number of benzene rings is 1. The molecule has 1 saturated carbocycles. The van der Waals surface area contributed by atoms with Gasteiger partial charge in [-0.15, -0.1) is 0 Å². The van der Waals surface area contributed by atoms with Crippen LogP contribution in [0.15, 0.2) is 35.1 Å². The number of hydrogen-bond donors (Lipinski definition) is 1. The first-order valence-electron chi connectivity index (χ1n) is 6.49. The summed E-state index contributed by atoms with van der Waals surface area (Å²) in [5, 5.41) is 3.09. The molecule has 0 unspecified atom stereocenters. The number of rotatable bonds is 3. The van der Waals surface area contributed by atoms with E-state index in [1.807, 2.05) is 6.20 Å². The Morgan fingerprint density at radius 1 is 1.32 bits per heavy atom. The van der Waals surface area contributed by atoms with Crippen LogP contribution >= 0.6 is 15.9 Å². The van der Waals surface area contributed by atoms with Crippen LogP contribution in [0, 0.1) is 5.82 Å². The molecule has 3 rings (SSSR count). The summed E-state index contributed by atoms with van der Waals surface area (Å²) in [6.45, 7) is 0. The van der Waals surface area contributed by atoms with Crippen LogP contribution in [-0.2, 0) is 0 Å². The molecule has 0 saturated heterocycles. The number of imidazole rings is 1. The van der Waals surface area contributed by atoms with E-state index in [9.17, 15) is 4.39 Å². The van der Waals surface area contributed by atoms with E-state index < -0.39 is 0 Å². The predicted molar refractivity (Wildman–Crippen MR) is 77.1 cm³/mol. The van der Waals surface area contributed by atoms with Crippen molar-refractivity contribution in [3.05, 3.63) is 40.9 Å². The number of hydrogen-bond acceptors (Lipinski definition) is 2. The summed E-state index contributed by atoms with van der Waals surface area (Å²) in [7, 11) is 0. The Labute approximate surface area is 120 Å². The van der Waals surface area contributed by atoms with Crippen molar-refractivity contribution in [1.29, 1.82) is 0 Å². The summed E-state index contributed by atoms with van der Waals surface area (Å²) in [6.07, 6.45) is 8.59. The zero-order chi connectivity index (χ0) is 13.2. The second-order valence-corrected chi connectivity index (χ2v) is 5.76. The van der Waals surface area contributed by atoms with Gasteiger partial charge < -0.3 is 9.88 Å². The second kappa shape index (κ2) is 5.33. The van der Waals surface area contributed by atoms with Crippen molar-refractivity contribution < 1.29 is 4.39 Å². The van der Waals surface area contributed by atoms with Crippen LogP contribution in [0.5, 0.6) is 0 Å². The Bertz CT molecular complexity index is 576. The Kier molecular flexibility index (Phi) is 3.55. The maximum Gasteiger partial charge on any atom is 0.207 e. The van der Waals surface area contributed by atoms with E-state index in [4.69, 9.17) is 0 Å². The summed E-state index contributed by atoms with van der Waals surface area (Å²) in [4.78, 5) is 4.30. The molecule has 2 aromatic rings. The molecule has 0 radical (unpaired) electrons. The van der Waals surface area contributed by atoms with Gasteiger partial charge in [0.15, 0.2) is 0 Å². The van der Waals surface area contributed by atoms with Crippen molar-refractivity contribution in [2.45, 2.75) is 31.7 Å². The highest BCUT2D eigenvalue weighted by atomic mass is 79.9. The lowest BCUT2D eigenvalue weighted by Gasteiger charge is -2.16. The fraction of sp³-hybridized carbons (Fsp3) is 0.357. The smallest absolute Gasteiger partial charge is 0.207 e. The normalized spacial score (nSPS) is 15.9. The third-order valence-corrected chi connectivity index (χ3v) is 4.05. The maximum atomic E-state index is 13.8. The zero-order valence-corrected chi connectivity index (χ0v) is 12.0. The summed E-state index contributed by atoms with van der Waals surface area (Å²) in [5.74, 6) is 0.438. The zero-order valence-electron chi connectivity index (χ0n) is 10.4. The molecule has 100 valence electrons. The van der Waals surface area contributed by atoms with Crippen LogP contribution in [-0.4, -0.2) is 9.55 Å². The molecule has 0 atom stereocenters. The average Bonchev–Trinajstić information content (AvgIpc) is 3.03. The number of aromatic nitrogens is 2. The van der Waals surface area contributed by atoms with E-state index in [-0.39, 0.29) is 5.82 Å². The molecule has 1 fully saturated rings. The predicted octanol–water partition coefficient (Wildman–Crippen LogP) is 4.64. The molecule has 0 aliphatic heterocycles. The van der Waals surface area contributed by atoms with Crippen LogP contribution in [0.4, 0.5) is 16.0 Å². The van der Waals surface area contributed by atoms with Gasteiger partial charge in [0, 0.05) is 22.9 Å². The Morgan fingerprint density at radius 3 is 2.89 bits per heavy atom. The van der Waals surface area contributed by atoms with Gasteiger partial charge >= 0.3 is 0 Å². The van der Waals surface area contributed by atoms with Crippen molar-refractivity contribution >= 4 is 27.6 Å². The lowest BCUT2D eigenvalue weighted by atomic mass is 10.2. The van der Waals surface area contributed by atoms with Crippen LogP contribution in [0.1, 0.15) is 31.7 Å². The van der Waals surface area contributed by atoms with Gasteiger partial charge in [-0.3, -0.25) is 0 Å². The average molecular weight is 324 g/mol. The Morgan fingerprint density at radius 2 is 2.11 bits per heavy atom. The first-order valence-corrected chi connectivity index (χ1v) is 7.28. The first kappa shape index (κ1) is 12.7. The van der Waals surface area contributed by atoms with Gasteiger partial charge in [0.1, 0.15) is 5.82 Å². The molecular weight excluding hydrogens is 309 g/mol. The van der Waals surface area contributed by atoms with E-state index in [2.05, 4.69) is 30.8 Å². The summed E-state index contributed by atoms with van der Waals surface area (Å²) in [5.41, 5.74) is 0.444. The molecule has 3 nitrogen and oxygen atoms in total. The van der Waals surface area contributed by atoms with Gasteiger partial charge in [0.05, 0.1) is 5.69 Å². The van der Waals surface area contributed by atoms with E-state index in [0.717, 1.165) is 4.47 Å². The van der Waals surface area contributed by atoms with E-state index in [1.165, 1.54) is 31.7 Å². The third-order valence-electron chi connectivity index (χ3n) is 3.56. The van der Waals surface area contributed by atoms with Crippen molar-refractivity contribution in [3.63, 3.8) is 0 Å². The van der Waals surface area contributed by atoms with Crippen LogP contribution in [0.2, 0.25) is 0 Å². The molecule has 1 aromatic carbocycles. The molecule has 0 spiro atoms. The minimum Gasteiger partial charge on any atom is -0.323 e. The molecule has 0 amide bonds. The van der Waals surface area contributed by atoms with Gasteiger partial charge in [-0.1, -0.05) is 28.8 Å². The first-order chi connectivity index (χ1) is 9.24. The monoisotopic (exact) mass is 323 g/mol. The largest absolute Gasteiger partial charge is 0.323 e. The molecular formula is C14H15BrFN3. The van der Waals surface area contributed by atoms with Gasteiger partial charge in [-0.05, 0) is 31.0 Å². The third kappa shape index (κ3) is 2.66. The SMILES string of the molecule is Fc1ccc(Br)cc1Nc1nccn1C1CCCC1. The van der Waals surface area contributed by atoms with Gasteiger partial charge in [-0.2, -0.15) is 0 Å². The van der Waals surface area contributed by atoms with Crippen LogP contribution in [0.25, 0.3) is 0 Å². The van der Waals surface area contributed by atoms with Crippen molar-refractivity contribution in [2.24, 2.45) is 0 Å². The highest BCUT2D eigenvalue weighted by molar-refractivity contribution is 9.10. The number of anilines is 2. The molecule has 1 heterocycles. The van der Waals surface area contributed by atoms with Crippen molar-refractivity contribution in [3.8, 4) is 0 Å². The highest BCUT2D eigenvalue weighted by Crippen LogP contribution is 2.32. The minimum absolute atomic E-state index is 0.274. The topological polar surface area (TPSA) is 29.9 Å². The summed E-state index contributed by atoms with van der Waals surface area (Å²) >= 11 is 3.35. The van der Waals surface area contributed by atoms with Gasteiger partial charge in [0.2, 0.25) is 5.95 Å². The molecule has 19 heavy (non-hydrogen) atoms. The minimum atomic E-state index is -0.274.